The highest BCUT2D eigenvalue weighted by Gasteiger charge is 2.18. The molecule has 0 unspecified atom stereocenters. The van der Waals surface area contributed by atoms with Crippen LogP contribution in [0.4, 0.5) is 0 Å². The van der Waals surface area contributed by atoms with Crippen molar-refractivity contribution in [1.29, 1.82) is 0 Å². The first-order chi connectivity index (χ1) is 10.3. The minimum absolute atomic E-state index is 1.01. The summed E-state index contributed by atoms with van der Waals surface area (Å²) in [5.41, 5.74) is 7.01. The third kappa shape index (κ3) is 3.06. The Kier molecular flexibility index (Phi) is 4.16. The largest absolute Gasteiger partial charge is 0.305 e. The maximum absolute atomic E-state index is 4.33. The zero-order chi connectivity index (χ0) is 14.7. The van der Waals surface area contributed by atoms with E-state index in [2.05, 4.69) is 54.3 Å². The second-order valence-corrected chi connectivity index (χ2v) is 5.97. The molecule has 1 aliphatic carbocycles. The van der Waals surface area contributed by atoms with Crippen molar-refractivity contribution in [3.8, 4) is 0 Å². The lowest BCUT2D eigenvalue weighted by Crippen LogP contribution is -2.16. The van der Waals surface area contributed by atoms with Crippen LogP contribution >= 0.6 is 0 Å². The van der Waals surface area contributed by atoms with E-state index >= 15 is 0 Å². The molecule has 0 aliphatic heterocycles. The molecule has 108 valence electrons. The molecule has 2 nitrogen and oxygen atoms in total. The molecule has 0 fully saturated rings. The van der Waals surface area contributed by atoms with Crippen LogP contribution in [0.25, 0.3) is 5.57 Å². The van der Waals surface area contributed by atoms with Crippen LogP contribution in [0.15, 0.2) is 54.4 Å². The molecule has 1 aromatic carbocycles. The van der Waals surface area contributed by atoms with E-state index in [9.17, 15) is 0 Å². The van der Waals surface area contributed by atoms with Crippen molar-refractivity contribution in [2.75, 3.05) is 20.6 Å². The van der Waals surface area contributed by atoms with Gasteiger partial charge in [0, 0.05) is 24.5 Å². The monoisotopic (exact) mass is 278 g/mol. The molecule has 0 saturated carbocycles. The smallest absolute Gasteiger partial charge is 0.0346 e. The number of aromatic nitrogens is 1. The quantitative estimate of drug-likeness (QED) is 0.849. The van der Waals surface area contributed by atoms with E-state index in [0.717, 1.165) is 19.4 Å². The standard InChI is InChI=1S/C19H22N2/c1-21(2)14-17-9-5-8-15-7-3-4-11-18(15)19(17)16-10-6-12-20-13-16/h3-4,6-7,10-13H,5,8-9,14H2,1-2H3. The Balaban J connectivity index is 2.20. The molecule has 0 atom stereocenters. The van der Waals surface area contributed by atoms with Crippen molar-refractivity contribution in [3.63, 3.8) is 0 Å². The molecule has 0 N–H and O–H groups in total. The number of nitrogens with zero attached hydrogens (tertiary/aromatic N) is 2. The highest BCUT2D eigenvalue weighted by molar-refractivity contribution is 5.84. The van der Waals surface area contributed by atoms with Crippen LogP contribution in [0.2, 0.25) is 0 Å². The topological polar surface area (TPSA) is 16.1 Å². The summed E-state index contributed by atoms with van der Waals surface area (Å²) in [6, 6.07) is 13.0. The van der Waals surface area contributed by atoms with E-state index in [1.807, 2.05) is 18.5 Å². The molecular weight excluding hydrogens is 256 g/mol. The normalized spacial score (nSPS) is 15.0. The van der Waals surface area contributed by atoms with Crippen LogP contribution in [0, 0.1) is 0 Å². The highest BCUT2D eigenvalue weighted by atomic mass is 15.0. The van der Waals surface area contributed by atoms with Gasteiger partial charge in [-0.1, -0.05) is 30.3 Å². The highest BCUT2D eigenvalue weighted by Crippen LogP contribution is 2.34. The van der Waals surface area contributed by atoms with Gasteiger partial charge in [-0.2, -0.15) is 0 Å². The SMILES string of the molecule is CN(C)CC1=C(c2cccnc2)c2ccccc2CCC1. The maximum Gasteiger partial charge on any atom is 0.0346 e. The minimum Gasteiger partial charge on any atom is -0.305 e. The van der Waals surface area contributed by atoms with E-state index in [1.165, 1.54) is 34.3 Å². The van der Waals surface area contributed by atoms with Crippen molar-refractivity contribution in [2.45, 2.75) is 19.3 Å². The van der Waals surface area contributed by atoms with Gasteiger partial charge in [0.2, 0.25) is 0 Å². The Bertz CT molecular complexity index is 642. The first-order valence-electron chi connectivity index (χ1n) is 7.61. The average molecular weight is 278 g/mol. The molecule has 2 aromatic rings. The average Bonchev–Trinajstić information content (AvgIpc) is 2.66. The number of rotatable bonds is 3. The van der Waals surface area contributed by atoms with E-state index in [4.69, 9.17) is 0 Å². The lowest BCUT2D eigenvalue weighted by Gasteiger charge is -2.18. The molecule has 3 rings (SSSR count). The summed E-state index contributed by atoms with van der Waals surface area (Å²) in [5.74, 6) is 0. The molecule has 2 heteroatoms. The first-order valence-corrected chi connectivity index (χ1v) is 7.61. The van der Waals surface area contributed by atoms with Gasteiger partial charge < -0.3 is 4.90 Å². The van der Waals surface area contributed by atoms with E-state index in [0.29, 0.717) is 0 Å². The van der Waals surface area contributed by atoms with Crippen molar-refractivity contribution in [3.05, 3.63) is 71.1 Å². The van der Waals surface area contributed by atoms with Gasteiger partial charge in [-0.05, 0) is 61.7 Å². The number of pyridine rings is 1. The summed E-state index contributed by atoms with van der Waals surface area (Å²) in [7, 11) is 4.29. The summed E-state index contributed by atoms with van der Waals surface area (Å²) < 4.78 is 0. The van der Waals surface area contributed by atoms with Crippen LogP contribution in [-0.4, -0.2) is 30.5 Å². The summed E-state index contributed by atoms with van der Waals surface area (Å²) >= 11 is 0. The fourth-order valence-corrected chi connectivity index (χ4v) is 3.20. The Labute approximate surface area is 127 Å². The Morgan fingerprint density at radius 1 is 1.05 bits per heavy atom. The van der Waals surface area contributed by atoms with Gasteiger partial charge in [-0.25, -0.2) is 0 Å². The predicted octanol–water partition coefficient (Wildman–Crippen LogP) is 3.78. The Hall–Kier alpha value is -1.93. The lowest BCUT2D eigenvalue weighted by molar-refractivity contribution is 0.439. The van der Waals surface area contributed by atoms with Gasteiger partial charge in [0.05, 0.1) is 0 Å². The Morgan fingerprint density at radius 3 is 2.67 bits per heavy atom. The third-order valence-corrected chi connectivity index (χ3v) is 4.02. The molecule has 1 heterocycles. The van der Waals surface area contributed by atoms with Crippen molar-refractivity contribution in [1.82, 2.24) is 9.88 Å². The van der Waals surface area contributed by atoms with Crippen LogP contribution in [0.5, 0.6) is 0 Å². The number of likely N-dealkylation sites (N-methyl/N-ethyl adjacent to an activating group) is 1. The molecule has 0 bridgehead atoms. The minimum atomic E-state index is 1.01. The molecule has 0 saturated heterocycles. The lowest BCUT2D eigenvalue weighted by atomic mass is 9.91. The first kappa shape index (κ1) is 14.0. The van der Waals surface area contributed by atoms with Crippen LogP contribution < -0.4 is 0 Å². The molecular formula is C19H22N2. The number of benzene rings is 1. The summed E-state index contributed by atoms with van der Waals surface area (Å²) in [4.78, 5) is 6.59. The number of aryl methyl sites for hydroxylation is 1. The van der Waals surface area contributed by atoms with E-state index in [-0.39, 0.29) is 0 Å². The molecule has 0 amide bonds. The third-order valence-electron chi connectivity index (χ3n) is 4.02. The zero-order valence-electron chi connectivity index (χ0n) is 12.8. The van der Waals surface area contributed by atoms with E-state index in [1.54, 1.807) is 0 Å². The van der Waals surface area contributed by atoms with Gasteiger partial charge in [-0.15, -0.1) is 0 Å². The molecule has 1 aromatic heterocycles. The number of fused-ring (bicyclic) bond motifs is 1. The van der Waals surface area contributed by atoms with Gasteiger partial charge in [0.15, 0.2) is 0 Å². The number of hydrogen-bond donors (Lipinski definition) is 0. The second-order valence-electron chi connectivity index (χ2n) is 5.97. The van der Waals surface area contributed by atoms with Crippen molar-refractivity contribution < 1.29 is 0 Å². The van der Waals surface area contributed by atoms with Crippen LogP contribution in [0.3, 0.4) is 0 Å². The van der Waals surface area contributed by atoms with Gasteiger partial charge in [0.1, 0.15) is 0 Å². The van der Waals surface area contributed by atoms with E-state index < -0.39 is 0 Å². The van der Waals surface area contributed by atoms with Crippen LogP contribution in [-0.2, 0) is 6.42 Å². The van der Waals surface area contributed by atoms with Gasteiger partial charge in [-0.3, -0.25) is 4.98 Å². The molecule has 0 radical (unpaired) electrons. The maximum atomic E-state index is 4.33. The summed E-state index contributed by atoms with van der Waals surface area (Å²) in [5, 5.41) is 0. The predicted molar refractivity (Wildman–Crippen MR) is 88.2 cm³/mol. The molecule has 0 spiro atoms. The number of hydrogen-bond acceptors (Lipinski definition) is 2. The van der Waals surface area contributed by atoms with Crippen LogP contribution in [0.1, 0.15) is 29.5 Å². The fourth-order valence-electron chi connectivity index (χ4n) is 3.20. The van der Waals surface area contributed by atoms with Gasteiger partial charge in [0.25, 0.3) is 0 Å². The fraction of sp³-hybridized carbons (Fsp3) is 0.316. The molecule has 1 aliphatic rings. The van der Waals surface area contributed by atoms with Gasteiger partial charge >= 0.3 is 0 Å². The summed E-state index contributed by atoms with van der Waals surface area (Å²) in [6.45, 7) is 1.01. The summed E-state index contributed by atoms with van der Waals surface area (Å²) in [6.07, 6.45) is 7.39. The van der Waals surface area contributed by atoms with Crippen molar-refractivity contribution in [2.24, 2.45) is 0 Å². The Morgan fingerprint density at radius 2 is 1.90 bits per heavy atom. The zero-order valence-corrected chi connectivity index (χ0v) is 12.8. The van der Waals surface area contributed by atoms with Crippen molar-refractivity contribution >= 4 is 5.57 Å². The molecule has 21 heavy (non-hydrogen) atoms. The second kappa shape index (κ2) is 6.23.